The zero-order valence-corrected chi connectivity index (χ0v) is 12.9. The lowest BCUT2D eigenvalue weighted by atomic mass is 10.0. The van der Waals surface area contributed by atoms with Gasteiger partial charge in [0.1, 0.15) is 0 Å². The maximum Gasteiger partial charge on any atom is 0.0683 e. The van der Waals surface area contributed by atoms with Gasteiger partial charge in [0.25, 0.3) is 0 Å². The van der Waals surface area contributed by atoms with E-state index in [2.05, 4.69) is 86.3 Å². The van der Waals surface area contributed by atoms with Crippen LogP contribution in [0, 0.1) is 0 Å². The van der Waals surface area contributed by atoms with Crippen LogP contribution in [-0.2, 0) is 0 Å². The summed E-state index contributed by atoms with van der Waals surface area (Å²) in [6, 6.07) is 17.2. The normalized spacial score (nSPS) is 10.4. The van der Waals surface area contributed by atoms with Gasteiger partial charge in [-0.1, -0.05) is 42.5 Å². The summed E-state index contributed by atoms with van der Waals surface area (Å²) in [5.74, 6) is 0. The standard InChI is InChI=1S/C18H24N2/c1-5-20(6-2)18-16(15-11-8-7-9-12-15)13-10-14-17(18)19(3)4/h7-14H,5-6H2,1-4H3. The predicted octanol–water partition coefficient (Wildman–Crippen LogP) is 4.27. The molecule has 0 aliphatic carbocycles. The van der Waals surface area contributed by atoms with Gasteiger partial charge in [-0.2, -0.15) is 0 Å². The number of hydrogen-bond donors (Lipinski definition) is 0. The van der Waals surface area contributed by atoms with E-state index in [1.54, 1.807) is 0 Å². The van der Waals surface area contributed by atoms with Crippen LogP contribution in [0.5, 0.6) is 0 Å². The number of rotatable bonds is 5. The predicted molar refractivity (Wildman–Crippen MR) is 89.8 cm³/mol. The molecule has 2 aromatic rings. The van der Waals surface area contributed by atoms with Crippen molar-refractivity contribution in [3.05, 3.63) is 48.5 Å². The van der Waals surface area contributed by atoms with Crippen LogP contribution in [0.25, 0.3) is 11.1 Å². The summed E-state index contributed by atoms with van der Waals surface area (Å²) < 4.78 is 0. The van der Waals surface area contributed by atoms with Crippen LogP contribution in [0.15, 0.2) is 48.5 Å². The molecule has 0 aromatic heterocycles. The number of benzene rings is 2. The maximum atomic E-state index is 2.43. The molecule has 0 unspecified atom stereocenters. The molecule has 2 rings (SSSR count). The van der Waals surface area contributed by atoms with Gasteiger partial charge in [-0.25, -0.2) is 0 Å². The molecular weight excluding hydrogens is 244 g/mol. The fourth-order valence-corrected chi connectivity index (χ4v) is 2.62. The lowest BCUT2D eigenvalue weighted by molar-refractivity contribution is 0.864. The lowest BCUT2D eigenvalue weighted by Crippen LogP contribution is -2.25. The monoisotopic (exact) mass is 268 g/mol. The van der Waals surface area contributed by atoms with Crippen molar-refractivity contribution in [2.24, 2.45) is 0 Å². The van der Waals surface area contributed by atoms with Gasteiger partial charge < -0.3 is 9.80 Å². The summed E-state index contributed by atoms with van der Waals surface area (Å²) in [6.45, 7) is 6.46. The van der Waals surface area contributed by atoms with E-state index in [0.29, 0.717) is 0 Å². The first-order chi connectivity index (χ1) is 9.69. The lowest BCUT2D eigenvalue weighted by Gasteiger charge is -2.29. The van der Waals surface area contributed by atoms with Crippen LogP contribution in [0.4, 0.5) is 11.4 Å². The van der Waals surface area contributed by atoms with Crippen molar-refractivity contribution in [2.75, 3.05) is 37.0 Å². The quantitative estimate of drug-likeness (QED) is 0.799. The molecule has 0 radical (unpaired) electrons. The Morgan fingerprint density at radius 2 is 1.45 bits per heavy atom. The first-order valence-electron chi connectivity index (χ1n) is 7.29. The Kier molecular flexibility index (Phi) is 4.67. The van der Waals surface area contributed by atoms with E-state index in [1.807, 2.05) is 0 Å². The topological polar surface area (TPSA) is 6.48 Å². The molecule has 2 aromatic carbocycles. The van der Waals surface area contributed by atoms with Gasteiger partial charge in [0.15, 0.2) is 0 Å². The van der Waals surface area contributed by atoms with Crippen LogP contribution >= 0.6 is 0 Å². The Bertz CT molecular complexity index is 543. The van der Waals surface area contributed by atoms with Gasteiger partial charge in [-0.15, -0.1) is 0 Å². The molecule has 106 valence electrons. The molecule has 0 bridgehead atoms. The third-order valence-electron chi connectivity index (χ3n) is 3.66. The zero-order chi connectivity index (χ0) is 14.5. The molecular formula is C18H24N2. The summed E-state index contributed by atoms with van der Waals surface area (Å²) >= 11 is 0. The molecule has 0 spiro atoms. The smallest absolute Gasteiger partial charge is 0.0683 e. The zero-order valence-electron chi connectivity index (χ0n) is 12.9. The largest absolute Gasteiger partial charge is 0.376 e. The van der Waals surface area contributed by atoms with E-state index in [0.717, 1.165) is 13.1 Å². The summed E-state index contributed by atoms with van der Waals surface area (Å²) in [6.07, 6.45) is 0. The average molecular weight is 268 g/mol. The van der Waals surface area contributed by atoms with Crippen LogP contribution in [0.1, 0.15) is 13.8 Å². The summed E-state index contributed by atoms with van der Waals surface area (Å²) in [5.41, 5.74) is 5.18. The van der Waals surface area contributed by atoms with Crippen LogP contribution < -0.4 is 9.80 Å². The molecule has 2 heteroatoms. The van der Waals surface area contributed by atoms with E-state index in [1.165, 1.54) is 22.5 Å². The molecule has 0 heterocycles. The van der Waals surface area contributed by atoms with Gasteiger partial charge in [0.05, 0.1) is 11.4 Å². The molecule has 0 saturated carbocycles. The fraction of sp³-hybridized carbons (Fsp3) is 0.333. The minimum atomic E-state index is 1.02. The SMILES string of the molecule is CCN(CC)c1c(-c2ccccc2)cccc1N(C)C. The summed E-state index contributed by atoms with van der Waals surface area (Å²) in [5, 5.41) is 0. The molecule has 2 nitrogen and oxygen atoms in total. The highest BCUT2D eigenvalue weighted by Crippen LogP contribution is 2.38. The molecule has 0 aliphatic heterocycles. The van der Waals surface area contributed by atoms with Gasteiger partial charge in [0, 0.05) is 32.7 Å². The Hall–Kier alpha value is -1.96. The molecule has 0 fully saturated rings. The molecule has 0 aliphatic rings. The Labute approximate surface area is 122 Å². The maximum absolute atomic E-state index is 2.43. The fourth-order valence-electron chi connectivity index (χ4n) is 2.62. The Balaban J connectivity index is 2.65. The van der Waals surface area contributed by atoms with E-state index in [4.69, 9.17) is 0 Å². The van der Waals surface area contributed by atoms with Crippen LogP contribution in [0.3, 0.4) is 0 Å². The molecule has 0 N–H and O–H groups in total. The van der Waals surface area contributed by atoms with Gasteiger partial charge >= 0.3 is 0 Å². The molecule has 20 heavy (non-hydrogen) atoms. The second-order valence-electron chi connectivity index (χ2n) is 5.11. The molecule has 0 saturated heterocycles. The van der Waals surface area contributed by atoms with Crippen molar-refractivity contribution in [3.8, 4) is 11.1 Å². The Morgan fingerprint density at radius 1 is 0.800 bits per heavy atom. The van der Waals surface area contributed by atoms with Gasteiger partial charge in [-0.05, 0) is 25.5 Å². The average Bonchev–Trinajstić information content (AvgIpc) is 2.49. The van der Waals surface area contributed by atoms with Crippen molar-refractivity contribution < 1.29 is 0 Å². The highest BCUT2D eigenvalue weighted by Gasteiger charge is 2.15. The van der Waals surface area contributed by atoms with Crippen molar-refractivity contribution in [2.45, 2.75) is 13.8 Å². The highest BCUT2D eigenvalue weighted by molar-refractivity contribution is 5.88. The number of anilines is 2. The number of hydrogen-bond acceptors (Lipinski definition) is 2. The minimum absolute atomic E-state index is 1.02. The van der Waals surface area contributed by atoms with E-state index in [9.17, 15) is 0 Å². The van der Waals surface area contributed by atoms with Gasteiger partial charge in [-0.3, -0.25) is 0 Å². The van der Waals surface area contributed by atoms with Crippen molar-refractivity contribution in [3.63, 3.8) is 0 Å². The van der Waals surface area contributed by atoms with E-state index >= 15 is 0 Å². The van der Waals surface area contributed by atoms with Crippen molar-refractivity contribution in [1.82, 2.24) is 0 Å². The highest BCUT2D eigenvalue weighted by atomic mass is 15.2. The number of para-hydroxylation sites is 1. The third kappa shape index (κ3) is 2.79. The summed E-state index contributed by atoms with van der Waals surface area (Å²) in [7, 11) is 4.22. The van der Waals surface area contributed by atoms with Crippen molar-refractivity contribution >= 4 is 11.4 Å². The summed E-state index contributed by atoms with van der Waals surface area (Å²) in [4.78, 5) is 4.62. The number of nitrogens with zero attached hydrogens (tertiary/aromatic N) is 2. The Morgan fingerprint density at radius 3 is 2.00 bits per heavy atom. The first-order valence-corrected chi connectivity index (χ1v) is 7.29. The molecule has 0 atom stereocenters. The van der Waals surface area contributed by atoms with E-state index in [-0.39, 0.29) is 0 Å². The van der Waals surface area contributed by atoms with E-state index < -0.39 is 0 Å². The van der Waals surface area contributed by atoms with Crippen LogP contribution in [-0.4, -0.2) is 27.2 Å². The molecule has 0 amide bonds. The van der Waals surface area contributed by atoms with Crippen molar-refractivity contribution in [1.29, 1.82) is 0 Å². The second kappa shape index (κ2) is 6.47. The third-order valence-corrected chi connectivity index (χ3v) is 3.66. The first kappa shape index (κ1) is 14.4. The van der Waals surface area contributed by atoms with Crippen LogP contribution in [0.2, 0.25) is 0 Å². The minimum Gasteiger partial charge on any atom is -0.376 e. The second-order valence-corrected chi connectivity index (χ2v) is 5.11. The van der Waals surface area contributed by atoms with Gasteiger partial charge in [0.2, 0.25) is 0 Å².